The van der Waals surface area contributed by atoms with Crippen molar-refractivity contribution >= 4 is 0 Å². The number of ether oxygens (including phenoxy) is 1. The zero-order chi connectivity index (χ0) is 13.9. The van der Waals surface area contributed by atoms with E-state index in [1.165, 1.54) is 0 Å². The molecule has 2 rings (SSSR count). The normalized spacial score (nSPS) is 18.3. The molecule has 108 valence electrons. The molecule has 1 aliphatic rings. The van der Waals surface area contributed by atoms with E-state index in [-0.39, 0.29) is 18.9 Å². The quantitative estimate of drug-likeness (QED) is 0.800. The highest BCUT2D eigenvalue weighted by molar-refractivity contribution is 4.98. The van der Waals surface area contributed by atoms with Crippen LogP contribution in [0.25, 0.3) is 0 Å². The van der Waals surface area contributed by atoms with Gasteiger partial charge in [-0.1, -0.05) is 12.1 Å². The molecule has 0 saturated carbocycles. The number of nitrogens with zero attached hydrogens (tertiary/aromatic N) is 2. The number of nitrogens with one attached hydrogen (secondary N) is 1. The van der Waals surface area contributed by atoms with E-state index in [0.717, 1.165) is 13.1 Å². The summed E-state index contributed by atoms with van der Waals surface area (Å²) in [6.07, 6.45) is -4.08. The predicted molar refractivity (Wildman–Crippen MR) is 59.7 cm³/mol. The molecule has 1 aromatic heterocycles. The van der Waals surface area contributed by atoms with Crippen LogP contribution in [-0.2, 0) is 11.2 Å². The molecule has 2 heterocycles. The van der Waals surface area contributed by atoms with Crippen LogP contribution in [0.1, 0.15) is 24.6 Å². The molecular formula is C11H16F3N3O2. The minimum Gasteiger partial charge on any atom is -0.372 e. The topological polar surface area (TPSA) is 60.2 Å². The van der Waals surface area contributed by atoms with Gasteiger partial charge in [0.05, 0.1) is 6.61 Å². The SMILES string of the molecule is CC(c1nc(CCOCC(F)(F)F)no1)C1CNC1. The minimum absolute atomic E-state index is 0.0716. The first kappa shape index (κ1) is 14.3. The highest BCUT2D eigenvalue weighted by atomic mass is 19.4. The standard InChI is InChI=1S/C11H16F3N3O2/c1-7(8-4-15-5-8)10-16-9(17-19-10)2-3-18-6-11(12,13)14/h7-8,15H,2-6H2,1H3. The summed E-state index contributed by atoms with van der Waals surface area (Å²) in [5.41, 5.74) is 0. The van der Waals surface area contributed by atoms with Gasteiger partial charge in [0.1, 0.15) is 6.61 Å². The Morgan fingerprint density at radius 3 is 2.79 bits per heavy atom. The Balaban J connectivity index is 1.74. The Kier molecular flexibility index (Phi) is 4.41. The number of halogens is 3. The molecule has 0 amide bonds. The number of alkyl halides is 3. The lowest BCUT2D eigenvalue weighted by Gasteiger charge is -2.30. The van der Waals surface area contributed by atoms with Crippen molar-refractivity contribution in [3.8, 4) is 0 Å². The second kappa shape index (κ2) is 5.87. The molecule has 1 N–H and O–H groups in total. The van der Waals surface area contributed by atoms with Crippen LogP contribution in [-0.4, -0.2) is 42.6 Å². The van der Waals surface area contributed by atoms with Crippen LogP contribution < -0.4 is 5.32 Å². The Morgan fingerprint density at radius 1 is 1.47 bits per heavy atom. The molecule has 1 saturated heterocycles. The first-order chi connectivity index (χ1) is 8.96. The van der Waals surface area contributed by atoms with E-state index in [4.69, 9.17) is 4.52 Å². The summed E-state index contributed by atoms with van der Waals surface area (Å²) in [4.78, 5) is 4.18. The van der Waals surface area contributed by atoms with Crippen LogP contribution in [0.5, 0.6) is 0 Å². The van der Waals surface area contributed by atoms with Crippen LogP contribution in [0.4, 0.5) is 13.2 Å². The average Bonchev–Trinajstić information content (AvgIpc) is 2.69. The third-order valence-corrected chi connectivity index (χ3v) is 3.13. The lowest BCUT2D eigenvalue weighted by atomic mass is 9.89. The lowest BCUT2D eigenvalue weighted by molar-refractivity contribution is -0.173. The van der Waals surface area contributed by atoms with E-state index in [9.17, 15) is 13.2 Å². The molecule has 1 aliphatic heterocycles. The maximum atomic E-state index is 11.8. The summed E-state index contributed by atoms with van der Waals surface area (Å²) in [5.74, 6) is 1.57. The maximum Gasteiger partial charge on any atom is 0.411 e. The molecule has 1 atom stereocenters. The first-order valence-electron chi connectivity index (χ1n) is 6.13. The van der Waals surface area contributed by atoms with Crippen LogP contribution in [0.15, 0.2) is 4.52 Å². The van der Waals surface area contributed by atoms with Gasteiger partial charge in [0.25, 0.3) is 0 Å². The second-order valence-corrected chi connectivity index (χ2v) is 4.67. The minimum atomic E-state index is -4.30. The number of aromatic nitrogens is 2. The molecule has 19 heavy (non-hydrogen) atoms. The fraction of sp³-hybridized carbons (Fsp3) is 0.818. The van der Waals surface area contributed by atoms with E-state index in [1.807, 2.05) is 6.92 Å². The van der Waals surface area contributed by atoms with E-state index in [0.29, 0.717) is 17.6 Å². The van der Waals surface area contributed by atoms with Crippen molar-refractivity contribution in [2.24, 2.45) is 5.92 Å². The summed E-state index contributed by atoms with van der Waals surface area (Å²) in [6, 6.07) is 0. The van der Waals surface area contributed by atoms with E-state index in [1.54, 1.807) is 0 Å². The van der Waals surface area contributed by atoms with Crippen LogP contribution in [0, 0.1) is 5.92 Å². The molecule has 0 bridgehead atoms. The second-order valence-electron chi connectivity index (χ2n) is 4.67. The molecule has 5 nitrogen and oxygen atoms in total. The summed E-state index contributed by atoms with van der Waals surface area (Å²) >= 11 is 0. The third kappa shape index (κ3) is 4.17. The smallest absolute Gasteiger partial charge is 0.372 e. The van der Waals surface area contributed by atoms with Crippen LogP contribution >= 0.6 is 0 Å². The van der Waals surface area contributed by atoms with Gasteiger partial charge in [-0.2, -0.15) is 18.2 Å². The number of rotatable bonds is 6. The molecule has 1 aromatic rings. The zero-order valence-corrected chi connectivity index (χ0v) is 10.5. The van der Waals surface area contributed by atoms with E-state index < -0.39 is 12.8 Å². The molecule has 0 spiro atoms. The molecule has 8 heteroatoms. The van der Waals surface area contributed by atoms with Gasteiger partial charge in [0.2, 0.25) is 5.89 Å². The van der Waals surface area contributed by atoms with E-state index in [2.05, 4.69) is 20.2 Å². The Morgan fingerprint density at radius 2 is 2.21 bits per heavy atom. The molecular weight excluding hydrogens is 263 g/mol. The largest absolute Gasteiger partial charge is 0.411 e. The van der Waals surface area contributed by atoms with Crippen molar-refractivity contribution in [2.45, 2.75) is 25.4 Å². The van der Waals surface area contributed by atoms with Gasteiger partial charge in [0, 0.05) is 12.3 Å². The van der Waals surface area contributed by atoms with Crippen molar-refractivity contribution in [2.75, 3.05) is 26.3 Å². The Hall–Kier alpha value is -1.15. The van der Waals surface area contributed by atoms with Crippen molar-refractivity contribution < 1.29 is 22.4 Å². The summed E-state index contributed by atoms with van der Waals surface area (Å²) in [7, 11) is 0. The van der Waals surface area contributed by atoms with Crippen LogP contribution in [0.3, 0.4) is 0 Å². The molecule has 0 radical (unpaired) electrons. The number of hydrogen-bond acceptors (Lipinski definition) is 5. The van der Waals surface area contributed by atoms with Crippen molar-refractivity contribution in [1.82, 2.24) is 15.5 Å². The summed E-state index contributed by atoms with van der Waals surface area (Å²) in [5, 5.41) is 6.90. The summed E-state index contributed by atoms with van der Waals surface area (Å²) in [6.45, 7) is 2.53. The van der Waals surface area contributed by atoms with E-state index >= 15 is 0 Å². The van der Waals surface area contributed by atoms with Crippen molar-refractivity contribution in [1.29, 1.82) is 0 Å². The van der Waals surface area contributed by atoms with Crippen molar-refractivity contribution in [3.05, 3.63) is 11.7 Å². The van der Waals surface area contributed by atoms with Gasteiger partial charge in [-0.15, -0.1) is 0 Å². The first-order valence-corrected chi connectivity index (χ1v) is 6.13. The van der Waals surface area contributed by atoms with Gasteiger partial charge < -0.3 is 14.6 Å². The van der Waals surface area contributed by atoms with Gasteiger partial charge in [0.15, 0.2) is 5.82 Å². The predicted octanol–water partition coefficient (Wildman–Crippen LogP) is 1.51. The number of hydrogen-bond donors (Lipinski definition) is 1. The van der Waals surface area contributed by atoms with Gasteiger partial charge >= 0.3 is 6.18 Å². The van der Waals surface area contributed by atoms with Crippen molar-refractivity contribution in [3.63, 3.8) is 0 Å². The Bertz CT molecular complexity index is 404. The van der Waals surface area contributed by atoms with Gasteiger partial charge in [-0.05, 0) is 19.0 Å². The third-order valence-electron chi connectivity index (χ3n) is 3.13. The lowest BCUT2D eigenvalue weighted by Crippen LogP contribution is -2.44. The maximum absolute atomic E-state index is 11.8. The average molecular weight is 279 g/mol. The fourth-order valence-corrected chi connectivity index (χ4v) is 1.77. The highest BCUT2D eigenvalue weighted by Crippen LogP contribution is 2.25. The fourth-order valence-electron chi connectivity index (χ4n) is 1.77. The summed E-state index contributed by atoms with van der Waals surface area (Å²) < 4.78 is 45.1. The monoisotopic (exact) mass is 279 g/mol. The van der Waals surface area contributed by atoms with Gasteiger partial charge in [-0.25, -0.2) is 0 Å². The van der Waals surface area contributed by atoms with Gasteiger partial charge in [-0.3, -0.25) is 0 Å². The molecule has 0 aromatic carbocycles. The zero-order valence-electron chi connectivity index (χ0n) is 10.5. The molecule has 1 unspecified atom stereocenters. The molecule has 0 aliphatic carbocycles. The highest BCUT2D eigenvalue weighted by Gasteiger charge is 2.29. The Labute approximate surface area is 108 Å². The molecule has 1 fully saturated rings. The van der Waals surface area contributed by atoms with Crippen LogP contribution in [0.2, 0.25) is 0 Å².